The maximum Gasteiger partial charge on any atom is 0.142 e. The third-order valence-corrected chi connectivity index (χ3v) is 3.71. The van der Waals surface area contributed by atoms with Gasteiger partial charge in [-0.2, -0.15) is 0 Å². The van der Waals surface area contributed by atoms with Gasteiger partial charge in [0.15, 0.2) is 0 Å². The van der Waals surface area contributed by atoms with Crippen LogP contribution in [-0.4, -0.2) is 53.3 Å². The molecule has 0 aliphatic heterocycles. The number of rotatable bonds is 7. The minimum Gasteiger partial charge on any atom is -0.390 e. The molecule has 0 amide bonds. The van der Waals surface area contributed by atoms with E-state index in [2.05, 4.69) is 15.3 Å². The maximum absolute atomic E-state index is 9.75. The summed E-state index contributed by atoms with van der Waals surface area (Å²) in [6.07, 6.45) is 3.28. The van der Waals surface area contributed by atoms with E-state index < -0.39 is 0 Å². The van der Waals surface area contributed by atoms with Crippen LogP contribution in [0.3, 0.4) is 0 Å². The molecule has 0 aliphatic carbocycles. The molecule has 2 N–H and O–H groups in total. The van der Waals surface area contributed by atoms with Gasteiger partial charge in [0, 0.05) is 36.9 Å². The van der Waals surface area contributed by atoms with Crippen molar-refractivity contribution in [3.05, 3.63) is 35.5 Å². The van der Waals surface area contributed by atoms with E-state index >= 15 is 0 Å². The number of nitrogens with one attached hydrogen (secondary N) is 1. The van der Waals surface area contributed by atoms with Crippen LogP contribution in [0.25, 0.3) is 10.7 Å². The number of hydrogen-bond donors (Lipinski definition) is 2. The van der Waals surface area contributed by atoms with Gasteiger partial charge in [0.05, 0.1) is 11.8 Å². The van der Waals surface area contributed by atoms with Gasteiger partial charge in [-0.3, -0.25) is 4.98 Å². The fourth-order valence-electron chi connectivity index (χ4n) is 1.84. The highest BCUT2D eigenvalue weighted by Gasteiger charge is 2.07. The van der Waals surface area contributed by atoms with Crippen LogP contribution < -0.4 is 5.32 Å². The zero-order valence-corrected chi connectivity index (χ0v) is 12.6. The molecule has 1 atom stereocenters. The third kappa shape index (κ3) is 4.64. The number of pyridine rings is 1. The first kappa shape index (κ1) is 15.1. The van der Waals surface area contributed by atoms with Gasteiger partial charge >= 0.3 is 0 Å². The zero-order chi connectivity index (χ0) is 14.4. The zero-order valence-electron chi connectivity index (χ0n) is 11.8. The average molecular weight is 292 g/mol. The Morgan fingerprint density at radius 2 is 2.20 bits per heavy atom. The number of likely N-dealkylation sites (N-methyl/N-ethyl adjacent to an activating group) is 1. The SMILES string of the molecule is CN(C)CC(O)CNCc1cnc(-c2ccccn2)s1. The number of aliphatic hydroxyl groups is 1. The fraction of sp³-hybridized carbons (Fsp3) is 0.429. The molecule has 6 heteroatoms. The van der Waals surface area contributed by atoms with Crippen molar-refractivity contribution in [3.63, 3.8) is 0 Å². The van der Waals surface area contributed by atoms with Crippen molar-refractivity contribution in [3.8, 4) is 10.7 Å². The number of thiazole rings is 1. The first-order valence-corrected chi connectivity index (χ1v) is 7.36. The minimum absolute atomic E-state index is 0.354. The second-order valence-electron chi connectivity index (χ2n) is 4.89. The molecule has 0 fully saturated rings. The van der Waals surface area contributed by atoms with Gasteiger partial charge in [-0.1, -0.05) is 6.07 Å². The molecule has 2 rings (SSSR count). The maximum atomic E-state index is 9.75. The van der Waals surface area contributed by atoms with Crippen LogP contribution in [0.4, 0.5) is 0 Å². The van der Waals surface area contributed by atoms with Crippen molar-refractivity contribution in [1.29, 1.82) is 0 Å². The summed E-state index contributed by atoms with van der Waals surface area (Å²) in [7, 11) is 3.90. The summed E-state index contributed by atoms with van der Waals surface area (Å²) in [6, 6.07) is 5.81. The molecule has 0 radical (unpaired) electrons. The smallest absolute Gasteiger partial charge is 0.142 e. The molecular weight excluding hydrogens is 272 g/mol. The van der Waals surface area contributed by atoms with Crippen molar-refractivity contribution in [2.24, 2.45) is 0 Å². The molecule has 2 aromatic heterocycles. The molecule has 0 spiro atoms. The topological polar surface area (TPSA) is 61.3 Å². The van der Waals surface area contributed by atoms with Crippen molar-refractivity contribution in [2.45, 2.75) is 12.6 Å². The molecule has 0 saturated heterocycles. The Morgan fingerprint density at radius 1 is 1.35 bits per heavy atom. The fourth-order valence-corrected chi connectivity index (χ4v) is 2.70. The van der Waals surface area contributed by atoms with E-state index in [0.717, 1.165) is 22.1 Å². The summed E-state index contributed by atoms with van der Waals surface area (Å²) in [5, 5.41) is 13.9. The van der Waals surface area contributed by atoms with E-state index in [1.807, 2.05) is 43.4 Å². The average Bonchev–Trinajstić information content (AvgIpc) is 2.88. The Bertz CT molecular complexity index is 515. The highest BCUT2D eigenvalue weighted by molar-refractivity contribution is 7.14. The summed E-state index contributed by atoms with van der Waals surface area (Å²) in [6.45, 7) is 1.96. The molecule has 5 nitrogen and oxygen atoms in total. The summed E-state index contributed by atoms with van der Waals surface area (Å²) < 4.78 is 0. The quantitative estimate of drug-likeness (QED) is 0.803. The Labute approximate surface area is 123 Å². The first-order chi connectivity index (χ1) is 9.65. The molecule has 108 valence electrons. The van der Waals surface area contributed by atoms with E-state index in [1.54, 1.807) is 17.5 Å². The molecule has 2 aromatic rings. The second kappa shape index (κ2) is 7.44. The highest BCUT2D eigenvalue weighted by atomic mass is 32.1. The number of aliphatic hydroxyl groups excluding tert-OH is 1. The molecule has 0 bridgehead atoms. The van der Waals surface area contributed by atoms with Crippen LogP contribution in [0.5, 0.6) is 0 Å². The molecule has 0 aromatic carbocycles. The normalized spacial score (nSPS) is 12.8. The minimum atomic E-state index is -0.354. The molecule has 1 unspecified atom stereocenters. The van der Waals surface area contributed by atoms with Crippen molar-refractivity contribution >= 4 is 11.3 Å². The molecule has 2 heterocycles. The van der Waals surface area contributed by atoms with Crippen molar-refractivity contribution in [1.82, 2.24) is 20.2 Å². The van der Waals surface area contributed by atoms with E-state index in [-0.39, 0.29) is 6.10 Å². The van der Waals surface area contributed by atoms with E-state index in [0.29, 0.717) is 13.1 Å². The number of hydrogen-bond acceptors (Lipinski definition) is 6. The van der Waals surface area contributed by atoms with Crippen LogP contribution in [0.15, 0.2) is 30.6 Å². The summed E-state index contributed by atoms with van der Waals surface area (Å²) in [4.78, 5) is 11.8. The largest absolute Gasteiger partial charge is 0.390 e. The van der Waals surface area contributed by atoms with Crippen LogP contribution in [0.1, 0.15) is 4.88 Å². The lowest BCUT2D eigenvalue weighted by atomic mass is 10.3. The highest BCUT2D eigenvalue weighted by Crippen LogP contribution is 2.22. The summed E-state index contributed by atoms with van der Waals surface area (Å²) in [5.41, 5.74) is 0.899. The Hall–Kier alpha value is -1.34. The van der Waals surface area contributed by atoms with Gasteiger partial charge in [-0.05, 0) is 26.2 Å². The predicted octanol–water partition coefficient (Wildman–Crippen LogP) is 1.22. The summed E-state index contributed by atoms with van der Waals surface area (Å²) >= 11 is 1.62. The number of aromatic nitrogens is 2. The van der Waals surface area contributed by atoms with Crippen molar-refractivity contribution in [2.75, 3.05) is 27.2 Å². The van der Waals surface area contributed by atoms with Crippen molar-refractivity contribution < 1.29 is 5.11 Å². The van der Waals surface area contributed by atoms with Crippen LogP contribution >= 0.6 is 11.3 Å². The first-order valence-electron chi connectivity index (χ1n) is 6.55. The van der Waals surface area contributed by atoms with Gasteiger partial charge in [-0.15, -0.1) is 11.3 Å². The molecule has 20 heavy (non-hydrogen) atoms. The molecule has 0 aliphatic rings. The lowest BCUT2D eigenvalue weighted by Gasteiger charge is -2.15. The Balaban J connectivity index is 1.82. The molecular formula is C14H20N4OS. The lowest BCUT2D eigenvalue weighted by Crippen LogP contribution is -2.34. The standard InChI is InChI=1S/C14H20N4OS/c1-18(2)10-11(19)7-15-8-12-9-17-14(20-12)13-5-3-4-6-16-13/h3-6,9,11,15,19H,7-8,10H2,1-2H3. The molecule has 0 saturated carbocycles. The van der Waals surface area contributed by atoms with Gasteiger partial charge in [-0.25, -0.2) is 4.98 Å². The van der Waals surface area contributed by atoms with Crippen LogP contribution in [0, 0.1) is 0 Å². The summed E-state index contributed by atoms with van der Waals surface area (Å²) in [5.74, 6) is 0. The lowest BCUT2D eigenvalue weighted by molar-refractivity contribution is 0.134. The van der Waals surface area contributed by atoms with Gasteiger partial charge in [0.25, 0.3) is 0 Å². The van der Waals surface area contributed by atoms with E-state index in [9.17, 15) is 5.11 Å². The Morgan fingerprint density at radius 3 is 2.90 bits per heavy atom. The number of nitrogens with zero attached hydrogens (tertiary/aromatic N) is 3. The monoisotopic (exact) mass is 292 g/mol. The van der Waals surface area contributed by atoms with Crippen LogP contribution in [-0.2, 0) is 6.54 Å². The predicted molar refractivity (Wildman–Crippen MR) is 81.6 cm³/mol. The van der Waals surface area contributed by atoms with Gasteiger partial charge in [0.2, 0.25) is 0 Å². The van der Waals surface area contributed by atoms with Gasteiger partial charge < -0.3 is 15.3 Å². The Kier molecular flexibility index (Phi) is 5.60. The third-order valence-electron chi connectivity index (χ3n) is 2.69. The second-order valence-corrected chi connectivity index (χ2v) is 6.01. The van der Waals surface area contributed by atoms with E-state index in [1.165, 1.54) is 0 Å². The van der Waals surface area contributed by atoms with Gasteiger partial charge in [0.1, 0.15) is 5.01 Å². The van der Waals surface area contributed by atoms with E-state index in [4.69, 9.17) is 0 Å². The van der Waals surface area contributed by atoms with Crippen LogP contribution in [0.2, 0.25) is 0 Å².